The zero-order valence-corrected chi connectivity index (χ0v) is 14.4. The summed E-state index contributed by atoms with van der Waals surface area (Å²) in [4.78, 5) is 17.9. The van der Waals surface area contributed by atoms with E-state index < -0.39 is 20.5 Å². The molecule has 0 heterocycles. The van der Waals surface area contributed by atoms with Crippen molar-refractivity contribution in [2.45, 2.75) is 49.2 Å². The molecule has 6 heteroatoms. The summed E-state index contributed by atoms with van der Waals surface area (Å²) in [7, 11) is -0.954. The van der Waals surface area contributed by atoms with Gasteiger partial charge < -0.3 is 0 Å². The maximum atomic E-state index is 13.3. The molecular formula is C16H23NO4S. The molecule has 1 aromatic carbocycles. The second kappa shape index (κ2) is 6.01. The van der Waals surface area contributed by atoms with E-state index in [0.717, 1.165) is 23.5 Å². The van der Waals surface area contributed by atoms with Crippen molar-refractivity contribution in [3.05, 3.63) is 29.3 Å². The van der Waals surface area contributed by atoms with Crippen molar-refractivity contribution in [2.75, 3.05) is 14.2 Å². The van der Waals surface area contributed by atoms with Gasteiger partial charge in [-0.05, 0) is 43.9 Å². The second-order valence-corrected chi connectivity index (χ2v) is 8.19. The van der Waals surface area contributed by atoms with Crippen LogP contribution in [0.4, 0.5) is 0 Å². The molecule has 122 valence electrons. The minimum atomic E-state index is -3.78. The summed E-state index contributed by atoms with van der Waals surface area (Å²) < 4.78 is 25.2. The molecule has 0 aliphatic heterocycles. The van der Waals surface area contributed by atoms with Gasteiger partial charge in [0, 0.05) is 7.05 Å². The van der Waals surface area contributed by atoms with Gasteiger partial charge in [-0.3, -0.25) is 9.63 Å². The Morgan fingerprint density at radius 1 is 1.23 bits per heavy atom. The standard InChI is InChI=1S/C16H23NO4S/c1-12-7-8-13(2)14(11-12)22(19,20)16(9-5-6-10-16)15(18)17(3)21-4/h7-8,11H,5-6,9-10H2,1-4H3. The smallest absolute Gasteiger partial charge is 0.267 e. The highest BCUT2D eigenvalue weighted by Crippen LogP contribution is 2.42. The highest BCUT2D eigenvalue weighted by molar-refractivity contribution is 7.93. The molecular weight excluding hydrogens is 302 g/mol. The first-order valence-corrected chi connectivity index (χ1v) is 8.89. The maximum absolute atomic E-state index is 13.3. The van der Waals surface area contributed by atoms with Gasteiger partial charge in [0.05, 0.1) is 12.0 Å². The molecule has 0 radical (unpaired) electrons. The van der Waals surface area contributed by atoms with Gasteiger partial charge in [0.15, 0.2) is 14.6 Å². The summed E-state index contributed by atoms with van der Waals surface area (Å²) in [5, 5.41) is 1.04. The lowest BCUT2D eigenvalue weighted by Gasteiger charge is -2.31. The fraction of sp³-hybridized carbons (Fsp3) is 0.562. The van der Waals surface area contributed by atoms with Crippen molar-refractivity contribution in [3.8, 4) is 0 Å². The molecule has 0 atom stereocenters. The van der Waals surface area contributed by atoms with Crippen molar-refractivity contribution in [3.63, 3.8) is 0 Å². The van der Waals surface area contributed by atoms with Crippen LogP contribution >= 0.6 is 0 Å². The summed E-state index contributed by atoms with van der Waals surface area (Å²) >= 11 is 0. The Labute approximate surface area is 132 Å². The number of hydroxylamine groups is 2. The molecule has 1 fully saturated rings. The lowest BCUT2D eigenvalue weighted by molar-refractivity contribution is -0.171. The van der Waals surface area contributed by atoms with Gasteiger partial charge in [-0.25, -0.2) is 13.5 Å². The molecule has 1 aromatic rings. The normalized spacial score (nSPS) is 17.5. The van der Waals surface area contributed by atoms with Gasteiger partial charge >= 0.3 is 0 Å². The number of hydrogen-bond donors (Lipinski definition) is 0. The van der Waals surface area contributed by atoms with Crippen molar-refractivity contribution in [1.29, 1.82) is 0 Å². The molecule has 5 nitrogen and oxygen atoms in total. The first-order valence-electron chi connectivity index (χ1n) is 7.40. The molecule has 2 rings (SSSR count). The third-order valence-electron chi connectivity index (χ3n) is 4.51. The Morgan fingerprint density at radius 3 is 2.36 bits per heavy atom. The highest BCUT2D eigenvalue weighted by Gasteiger charge is 2.54. The number of aryl methyl sites for hydroxylation is 2. The lowest BCUT2D eigenvalue weighted by Crippen LogP contribution is -2.51. The van der Waals surface area contributed by atoms with Crippen LogP contribution in [0.5, 0.6) is 0 Å². The fourth-order valence-electron chi connectivity index (χ4n) is 3.12. The zero-order valence-electron chi connectivity index (χ0n) is 13.5. The van der Waals surface area contributed by atoms with E-state index in [9.17, 15) is 13.2 Å². The van der Waals surface area contributed by atoms with E-state index in [2.05, 4.69) is 0 Å². The van der Waals surface area contributed by atoms with E-state index in [1.54, 1.807) is 19.1 Å². The molecule has 0 spiro atoms. The number of benzene rings is 1. The summed E-state index contributed by atoms with van der Waals surface area (Å²) in [5.74, 6) is -0.478. The van der Waals surface area contributed by atoms with Gasteiger partial charge in [-0.15, -0.1) is 0 Å². The largest absolute Gasteiger partial charge is 0.275 e. The van der Waals surface area contributed by atoms with E-state index >= 15 is 0 Å². The minimum absolute atomic E-state index is 0.257. The molecule has 1 amide bonds. The highest BCUT2D eigenvalue weighted by atomic mass is 32.2. The van der Waals surface area contributed by atoms with E-state index in [1.165, 1.54) is 14.2 Å². The summed E-state index contributed by atoms with van der Waals surface area (Å²) in [6.07, 6.45) is 2.14. The van der Waals surface area contributed by atoms with E-state index in [1.807, 2.05) is 13.0 Å². The molecule has 0 N–H and O–H groups in total. The first-order chi connectivity index (χ1) is 10.3. The van der Waals surface area contributed by atoms with E-state index in [0.29, 0.717) is 18.4 Å². The Kier molecular flexibility index (Phi) is 4.63. The number of rotatable bonds is 4. The van der Waals surface area contributed by atoms with Gasteiger partial charge in [0.25, 0.3) is 5.91 Å². The van der Waals surface area contributed by atoms with Crippen LogP contribution in [0.25, 0.3) is 0 Å². The summed E-state index contributed by atoms with van der Waals surface area (Å²) in [6, 6.07) is 5.32. The molecule has 22 heavy (non-hydrogen) atoms. The van der Waals surface area contributed by atoms with Crippen molar-refractivity contribution in [2.24, 2.45) is 0 Å². The number of carbonyl (C=O) groups excluding carboxylic acids is 1. The average molecular weight is 325 g/mol. The van der Waals surface area contributed by atoms with Crippen LogP contribution < -0.4 is 0 Å². The monoisotopic (exact) mass is 325 g/mol. The average Bonchev–Trinajstić information content (AvgIpc) is 2.99. The van der Waals surface area contributed by atoms with Gasteiger partial charge in [-0.1, -0.05) is 25.0 Å². The van der Waals surface area contributed by atoms with Crippen LogP contribution in [-0.2, 0) is 19.5 Å². The predicted molar refractivity (Wildman–Crippen MR) is 84.1 cm³/mol. The number of nitrogens with zero attached hydrogens (tertiary/aromatic N) is 1. The van der Waals surface area contributed by atoms with Gasteiger partial charge in [0.2, 0.25) is 0 Å². The van der Waals surface area contributed by atoms with Gasteiger partial charge in [0.1, 0.15) is 0 Å². The second-order valence-electron chi connectivity index (χ2n) is 5.96. The Morgan fingerprint density at radius 2 is 1.82 bits per heavy atom. The Balaban J connectivity index is 2.61. The number of hydrogen-bond acceptors (Lipinski definition) is 4. The number of amides is 1. The van der Waals surface area contributed by atoms with Crippen LogP contribution in [0.3, 0.4) is 0 Å². The lowest BCUT2D eigenvalue weighted by atomic mass is 10.1. The quantitative estimate of drug-likeness (QED) is 0.798. The van der Waals surface area contributed by atoms with Crippen LogP contribution in [0.1, 0.15) is 36.8 Å². The van der Waals surface area contributed by atoms with Crippen LogP contribution in [-0.4, -0.2) is 38.3 Å². The molecule has 1 aliphatic carbocycles. The number of sulfone groups is 1. The molecule has 1 saturated carbocycles. The summed E-state index contributed by atoms with van der Waals surface area (Å²) in [6.45, 7) is 3.61. The van der Waals surface area contributed by atoms with Crippen LogP contribution in [0.2, 0.25) is 0 Å². The van der Waals surface area contributed by atoms with Crippen molar-refractivity contribution < 1.29 is 18.0 Å². The molecule has 0 aromatic heterocycles. The molecule has 0 unspecified atom stereocenters. The first kappa shape index (κ1) is 17.0. The van der Waals surface area contributed by atoms with Gasteiger partial charge in [-0.2, -0.15) is 0 Å². The molecule has 1 aliphatic rings. The predicted octanol–water partition coefficient (Wildman–Crippen LogP) is 2.41. The third kappa shape index (κ3) is 2.54. The van der Waals surface area contributed by atoms with E-state index in [-0.39, 0.29) is 4.90 Å². The minimum Gasteiger partial charge on any atom is -0.275 e. The van der Waals surface area contributed by atoms with Crippen LogP contribution in [0, 0.1) is 13.8 Å². The SMILES string of the molecule is CON(C)C(=O)C1(S(=O)(=O)c2cc(C)ccc2C)CCCC1. The third-order valence-corrected chi connectivity index (χ3v) is 7.14. The Hall–Kier alpha value is -1.40. The Bertz CT molecular complexity index is 675. The van der Waals surface area contributed by atoms with Crippen molar-refractivity contribution >= 4 is 15.7 Å². The zero-order chi connectivity index (χ0) is 16.5. The van der Waals surface area contributed by atoms with Crippen LogP contribution in [0.15, 0.2) is 23.1 Å². The van der Waals surface area contributed by atoms with E-state index in [4.69, 9.17) is 4.84 Å². The number of carbonyl (C=O) groups is 1. The van der Waals surface area contributed by atoms with Crippen molar-refractivity contribution in [1.82, 2.24) is 5.06 Å². The molecule has 0 bridgehead atoms. The summed E-state index contributed by atoms with van der Waals surface area (Å²) in [5.41, 5.74) is 1.54. The molecule has 0 saturated heterocycles. The maximum Gasteiger partial charge on any atom is 0.267 e. The topological polar surface area (TPSA) is 63.7 Å². The fourth-order valence-corrected chi connectivity index (χ4v) is 5.56.